The van der Waals surface area contributed by atoms with Gasteiger partial charge in [-0.2, -0.15) is 0 Å². The smallest absolute Gasteiger partial charge is 0.267 e. The quantitative estimate of drug-likeness (QED) is 0.617. The molecule has 0 radical (unpaired) electrons. The van der Waals surface area contributed by atoms with Crippen molar-refractivity contribution >= 4 is 27.8 Å². The van der Waals surface area contributed by atoms with Gasteiger partial charge in [0, 0.05) is 11.6 Å². The van der Waals surface area contributed by atoms with Crippen molar-refractivity contribution in [1.29, 1.82) is 0 Å². The van der Waals surface area contributed by atoms with Gasteiger partial charge in [-0.25, -0.2) is 9.66 Å². The van der Waals surface area contributed by atoms with E-state index < -0.39 is 0 Å². The molecule has 0 aliphatic heterocycles. The summed E-state index contributed by atoms with van der Waals surface area (Å²) in [4.78, 5) is 21.1. The molecule has 0 spiro atoms. The third-order valence-corrected chi connectivity index (χ3v) is 3.57. The number of fused-ring (bicyclic) bond motifs is 2. The third-order valence-electron chi connectivity index (χ3n) is 3.57. The maximum atomic E-state index is 12.6. The van der Waals surface area contributed by atoms with Crippen LogP contribution < -0.4 is 5.43 Å². The van der Waals surface area contributed by atoms with Gasteiger partial charge in [0.1, 0.15) is 6.33 Å². The highest BCUT2D eigenvalue weighted by atomic mass is 16.2. The van der Waals surface area contributed by atoms with Crippen molar-refractivity contribution in [2.24, 2.45) is 0 Å². The van der Waals surface area contributed by atoms with Gasteiger partial charge in [0.25, 0.3) is 5.91 Å². The maximum Gasteiger partial charge on any atom is 0.270 e. The second kappa shape index (κ2) is 4.96. The van der Waals surface area contributed by atoms with Crippen LogP contribution in [0.1, 0.15) is 10.4 Å². The normalized spacial score (nSPS) is 10.9. The molecule has 2 aromatic heterocycles. The number of imidazole rings is 1. The summed E-state index contributed by atoms with van der Waals surface area (Å²) in [6.07, 6.45) is 3.32. The zero-order valence-electron chi connectivity index (χ0n) is 11.6. The Hall–Kier alpha value is -3.21. The summed E-state index contributed by atoms with van der Waals surface area (Å²) in [6, 6.07) is 16.9. The van der Waals surface area contributed by atoms with E-state index in [0.717, 1.165) is 21.9 Å². The molecule has 22 heavy (non-hydrogen) atoms. The topological polar surface area (TPSA) is 59.8 Å². The zero-order chi connectivity index (χ0) is 14.9. The fourth-order valence-corrected chi connectivity index (χ4v) is 2.52. The average Bonchev–Trinajstić information content (AvgIpc) is 2.97. The highest BCUT2D eigenvalue weighted by Gasteiger charge is 2.11. The Balaban J connectivity index is 1.75. The lowest BCUT2D eigenvalue weighted by Gasteiger charge is -2.09. The van der Waals surface area contributed by atoms with Gasteiger partial charge >= 0.3 is 0 Å². The van der Waals surface area contributed by atoms with Crippen molar-refractivity contribution in [2.45, 2.75) is 0 Å². The van der Waals surface area contributed by atoms with Crippen molar-refractivity contribution in [3.05, 3.63) is 72.7 Å². The van der Waals surface area contributed by atoms with Crippen LogP contribution in [0.3, 0.4) is 0 Å². The highest BCUT2D eigenvalue weighted by Crippen LogP contribution is 2.17. The number of hydrogen-bond donors (Lipinski definition) is 1. The van der Waals surface area contributed by atoms with Crippen LogP contribution in [0.15, 0.2) is 67.1 Å². The fourth-order valence-electron chi connectivity index (χ4n) is 2.52. The van der Waals surface area contributed by atoms with Crippen molar-refractivity contribution < 1.29 is 4.79 Å². The Morgan fingerprint density at radius 1 is 0.909 bits per heavy atom. The molecular formula is C17H12N4O. The molecule has 0 aliphatic rings. The van der Waals surface area contributed by atoms with Crippen LogP contribution in [-0.4, -0.2) is 20.6 Å². The summed E-state index contributed by atoms with van der Waals surface area (Å²) in [5.41, 5.74) is 5.94. The molecule has 0 atom stereocenters. The SMILES string of the molecule is O=C(Nn1cnc2ccccc21)c1cccc2ncccc12. The number of rotatable bonds is 2. The van der Waals surface area contributed by atoms with Gasteiger partial charge in [0.2, 0.25) is 0 Å². The van der Waals surface area contributed by atoms with E-state index in [1.165, 1.54) is 0 Å². The number of carbonyl (C=O) groups excluding carboxylic acids is 1. The molecule has 0 saturated heterocycles. The lowest BCUT2D eigenvalue weighted by molar-refractivity contribution is 0.101. The van der Waals surface area contributed by atoms with Crippen LogP contribution in [0.5, 0.6) is 0 Å². The first-order valence-corrected chi connectivity index (χ1v) is 6.90. The molecule has 4 aromatic rings. The molecule has 0 fully saturated rings. The van der Waals surface area contributed by atoms with E-state index in [-0.39, 0.29) is 5.91 Å². The summed E-state index contributed by atoms with van der Waals surface area (Å²) < 4.78 is 1.63. The lowest BCUT2D eigenvalue weighted by atomic mass is 10.1. The molecule has 1 N–H and O–H groups in total. The number of nitrogens with zero attached hydrogens (tertiary/aromatic N) is 3. The largest absolute Gasteiger partial charge is 0.270 e. The average molecular weight is 288 g/mol. The Morgan fingerprint density at radius 3 is 2.73 bits per heavy atom. The number of hydrogen-bond acceptors (Lipinski definition) is 3. The minimum absolute atomic E-state index is 0.193. The van der Waals surface area contributed by atoms with E-state index in [0.29, 0.717) is 5.56 Å². The summed E-state index contributed by atoms with van der Waals surface area (Å²) in [6.45, 7) is 0. The summed E-state index contributed by atoms with van der Waals surface area (Å²) in [5.74, 6) is -0.193. The predicted molar refractivity (Wildman–Crippen MR) is 85.2 cm³/mol. The van der Waals surface area contributed by atoms with E-state index in [4.69, 9.17) is 0 Å². The molecular weight excluding hydrogens is 276 g/mol. The number of pyridine rings is 1. The van der Waals surface area contributed by atoms with Gasteiger partial charge in [0.05, 0.1) is 22.1 Å². The number of nitrogens with one attached hydrogen (secondary N) is 1. The van der Waals surface area contributed by atoms with E-state index in [2.05, 4.69) is 15.4 Å². The molecule has 0 unspecified atom stereocenters. The fraction of sp³-hybridized carbons (Fsp3) is 0. The highest BCUT2D eigenvalue weighted by molar-refractivity contribution is 6.10. The number of carbonyl (C=O) groups is 1. The van der Waals surface area contributed by atoms with Crippen LogP contribution >= 0.6 is 0 Å². The van der Waals surface area contributed by atoms with Crippen LogP contribution in [0.2, 0.25) is 0 Å². The van der Waals surface area contributed by atoms with Gasteiger partial charge in [-0.05, 0) is 30.3 Å². The van der Waals surface area contributed by atoms with Gasteiger partial charge < -0.3 is 0 Å². The minimum atomic E-state index is -0.193. The molecule has 0 saturated carbocycles. The molecule has 106 valence electrons. The molecule has 1 amide bonds. The van der Waals surface area contributed by atoms with Crippen molar-refractivity contribution in [3.8, 4) is 0 Å². The second-order valence-electron chi connectivity index (χ2n) is 4.92. The Bertz CT molecular complexity index is 985. The van der Waals surface area contributed by atoms with Crippen molar-refractivity contribution in [3.63, 3.8) is 0 Å². The van der Waals surface area contributed by atoms with E-state index in [1.807, 2.05) is 48.5 Å². The predicted octanol–water partition coefficient (Wildman–Crippen LogP) is 2.97. The van der Waals surface area contributed by atoms with Crippen LogP contribution in [0.25, 0.3) is 21.9 Å². The van der Waals surface area contributed by atoms with Gasteiger partial charge in [-0.15, -0.1) is 0 Å². The van der Waals surface area contributed by atoms with Crippen LogP contribution in [0.4, 0.5) is 0 Å². The Labute approximate surface area is 126 Å². The van der Waals surface area contributed by atoms with E-state index in [1.54, 1.807) is 23.3 Å². The zero-order valence-corrected chi connectivity index (χ0v) is 11.6. The first-order chi connectivity index (χ1) is 10.8. The number of amides is 1. The van der Waals surface area contributed by atoms with E-state index >= 15 is 0 Å². The van der Waals surface area contributed by atoms with Crippen LogP contribution in [0, 0.1) is 0 Å². The second-order valence-corrected chi connectivity index (χ2v) is 4.92. The van der Waals surface area contributed by atoms with Gasteiger partial charge in [-0.1, -0.05) is 24.3 Å². The summed E-state index contributed by atoms with van der Waals surface area (Å²) in [5, 5.41) is 0.826. The third kappa shape index (κ3) is 2.00. The lowest BCUT2D eigenvalue weighted by Crippen LogP contribution is -2.22. The molecule has 5 heteroatoms. The minimum Gasteiger partial charge on any atom is -0.267 e. The van der Waals surface area contributed by atoms with Gasteiger partial charge in [0.15, 0.2) is 0 Å². The standard InChI is InChI=1S/C17H12N4O/c22-17(13-5-3-8-14-12(13)6-4-10-18-14)20-21-11-19-15-7-1-2-9-16(15)21/h1-11H,(H,20,22). The van der Waals surface area contributed by atoms with Crippen molar-refractivity contribution in [1.82, 2.24) is 14.6 Å². The molecule has 2 aromatic carbocycles. The first kappa shape index (κ1) is 12.5. The Morgan fingerprint density at radius 2 is 1.77 bits per heavy atom. The maximum absolute atomic E-state index is 12.6. The first-order valence-electron chi connectivity index (χ1n) is 6.90. The molecule has 4 rings (SSSR count). The van der Waals surface area contributed by atoms with Crippen LogP contribution in [-0.2, 0) is 0 Å². The Kier molecular flexibility index (Phi) is 2.83. The molecule has 0 bridgehead atoms. The molecule has 2 heterocycles. The van der Waals surface area contributed by atoms with Crippen molar-refractivity contribution in [2.75, 3.05) is 5.43 Å². The molecule has 0 aliphatic carbocycles. The summed E-state index contributed by atoms with van der Waals surface area (Å²) in [7, 11) is 0. The number of para-hydroxylation sites is 2. The number of aromatic nitrogens is 3. The molecule has 5 nitrogen and oxygen atoms in total. The van der Waals surface area contributed by atoms with Gasteiger partial charge in [-0.3, -0.25) is 15.2 Å². The number of benzene rings is 2. The summed E-state index contributed by atoms with van der Waals surface area (Å²) >= 11 is 0. The monoisotopic (exact) mass is 288 g/mol. The van der Waals surface area contributed by atoms with E-state index in [9.17, 15) is 4.79 Å².